The van der Waals surface area contributed by atoms with Gasteiger partial charge in [-0.2, -0.15) is 0 Å². The summed E-state index contributed by atoms with van der Waals surface area (Å²) in [6.45, 7) is 6.20. The second-order valence-electron chi connectivity index (χ2n) is 2.42. The molecular formula is C8H12F2O2. The number of allylic oxidation sites excluding steroid dienone is 1. The van der Waals surface area contributed by atoms with E-state index in [1.54, 1.807) is 0 Å². The lowest BCUT2D eigenvalue weighted by molar-refractivity contribution is -0.138. The maximum absolute atomic E-state index is 12.7. The average Bonchev–Trinajstić information content (AvgIpc) is 2.01. The molecule has 2 nitrogen and oxygen atoms in total. The predicted molar refractivity (Wildman–Crippen MR) is 42.0 cm³/mol. The zero-order chi connectivity index (χ0) is 9.78. The van der Waals surface area contributed by atoms with Crippen molar-refractivity contribution in [2.75, 3.05) is 0 Å². The molecule has 0 radical (unpaired) electrons. The Morgan fingerprint density at radius 1 is 1.33 bits per heavy atom. The van der Waals surface area contributed by atoms with E-state index in [0.717, 1.165) is 12.2 Å². The van der Waals surface area contributed by atoms with Crippen molar-refractivity contribution in [3.8, 4) is 0 Å². The number of aliphatic hydroxyl groups is 2. The van der Waals surface area contributed by atoms with E-state index >= 15 is 0 Å². The van der Waals surface area contributed by atoms with Crippen LogP contribution >= 0.6 is 0 Å². The molecule has 0 aliphatic heterocycles. The SMILES string of the molecule is C=CCC(F)(F)C(O)C(O)C=C. The van der Waals surface area contributed by atoms with E-state index in [2.05, 4.69) is 13.2 Å². The highest BCUT2D eigenvalue weighted by Gasteiger charge is 2.40. The summed E-state index contributed by atoms with van der Waals surface area (Å²) in [5.41, 5.74) is 0. The first-order valence-corrected chi connectivity index (χ1v) is 3.43. The van der Waals surface area contributed by atoms with Crippen LogP contribution in [0.15, 0.2) is 25.3 Å². The van der Waals surface area contributed by atoms with Crippen molar-refractivity contribution in [3.63, 3.8) is 0 Å². The topological polar surface area (TPSA) is 40.5 Å². The number of alkyl halides is 2. The summed E-state index contributed by atoms with van der Waals surface area (Å²) in [6, 6.07) is 0. The minimum atomic E-state index is -3.35. The maximum atomic E-state index is 12.7. The minimum absolute atomic E-state index is 0.668. The molecule has 0 saturated heterocycles. The molecule has 0 saturated carbocycles. The summed E-state index contributed by atoms with van der Waals surface area (Å²) in [7, 11) is 0. The van der Waals surface area contributed by atoms with Gasteiger partial charge in [0.05, 0.1) is 0 Å². The third kappa shape index (κ3) is 2.71. The maximum Gasteiger partial charge on any atom is 0.279 e. The van der Waals surface area contributed by atoms with Crippen molar-refractivity contribution in [1.82, 2.24) is 0 Å². The van der Waals surface area contributed by atoms with Crippen LogP contribution in [0.2, 0.25) is 0 Å². The molecule has 0 aliphatic carbocycles. The van der Waals surface area contributed by atoms with E-state index in [4.69, 9.17) is 10.2 Å². The van der Waals surface area contributed by atoms with Crippen molar-refractivity contribution < 1.29 is 19.0 Å². The molecule has 2 atom stereocenters. The monoisotopic (exact) mass is 178 g/mol. The van der Waals surface area contributed by atoms with Gasteiger partial charge in [-0.3, -0.25) is 0 Å². The molecule has 0 amide bonds. The molecule has 0 rings (SSSR count). The van der Waals surface area contributed by atoms with Gasteiger partial charge in [0, 0.05) is 6.42 Å². The van der Waals surface area contributed by atoms with Crippen LogP contribution in [0.25, 0.3) is 0 Å². The lowest BCUT2D eigenvalue weighted by Crippen LogP contribution is -2.41. The highest BCUT2D eigenvalue weighted by molar-refractivity contribution is 4.94. The van der Waals surface area contributed by atoms with Gasteiger partial charge in [0.1, 0.15) is 12.2 Å². The first-order chi connectivity index (χ1) is 5.45. The lowest BCUT2D eigenvalue weighted by Gasteiger charge is -2.23. The van der Waals surface area contributed by atoms with Crippen molar-refractivity contribution >= 4 is 0 Å². The molecule has 12 heavy (non-hydrogen) atoms. The van der Waals surface area contributed by atoms with Crippen LogP contribution in [0.5, 0.6) is 0 Å². The van der Waals surface area contributed by atoms with Crippen molar-refractivity contribution in [2.24, 2.45) is 0 Å². The molecule has 0 heterocycles. The smallest absolute Gasteiger partial charge is 0.279 e. The highest BCUT2D eigenvalue weighted by atomic mass is 19.3. The molecule has 0 spiro atoms. The standard InChI is InChI=1S/C8H12F2O2/c1-3-5-8(9,10)7(12)6(11)4-2/h3-4,6-7,11-12H,1-2,5H2. The molecule has 2 unspecified atom stereocenters. The third-order valence-corrected chi connectivity index (χ3v) is 1.41. The molecule has 0 aliphatic rings. The number of halogens is 2. The van der Waals surface area contributed by atoms with Gasteiger partial charge in [-0.25, -0.2) is 8.78 Å². The first-order valence-electron chi connectivity index (χ1n) is 3.43. The fraction of sp³-hybridized carbons (Fsp3) is 0.500. The van der Waals surface area contributed by atoms with Crippen molar-refractivity contribution in [1.29, 1.82) is 0 Å². The van der Waals surface area contributed by atoms with Gasteiger partial charge in [-0.05, 0) is 0 Å². The third-order valence-electron chi connectivity index (χ3n) is 1.41. The van der Waals surface area contributed by atoms with Gasteiger partial charge in [0.25, 0.3) is 5.92 Å². The second-order valence-corrected chi connectivity index (χ2v) is 2.42. The predicted octanol–water partition coefficient (Wildman–Crippen LogP) is 1.11. The summed E-state index contributed by atoms with van der Waals surface area (Å²) >= 11 is 0. The van der Waals surface area contributed by atoms with Crippen molar-refractivity contribution in [2.45, 2.75) is 24.6 Å². The number of rotatable bonds is 5. The normalized spacial score (nSPS) is 16.7. The zero-order valence-corrected chi connectivity index (χ0v) is 6.58. The zero-order valence-electron chi connectivity index (χ0n) is 6.58. The van der Waals surface area contributed by atoms with E-state index in [9.17, 15) is 8.78 Å². The van der Waals surface area contributed by atoms with Crippen LogP contribution in [0, 0.1) is 0 Å². The van der Waals surface area contributed by atoms with Crippen LogP contribution in [-0.2, 0) is 0 Å². The molecule has 0 aromatic carbocycles. The molecule has 0 aromatic rings. The van der Waals surface area contributed by atoms with Crippen LogP contribution in [0.3, 0.4) is 0 Å². The largest absolute Gasteiger partial charge is 0.386 e. The Bertz CT molecular complexity index is 168. The van der Waals surface area contributed by atoms with Gasteiger partial charge < -0.3 is 10.2 Å². The van der Waals surface area contributed by atoms with E-state index in [-0.39, 0.29) is 0 Å². The molecule has 2 N–H and O–H groups in total. The van der Waals surface area contributed by atoms with Crippen LogP contribution in [-0.4, -0.2) is 28.3 Å². The Morgan fingerprint density at radius 2 is 1.83 bits per heavy atom. The highest BCUT2D eigenvalue weighted by Crippen LogP contribution is 2.25. The van der Waals surface area contributed by atoms with Crippen LogP contribution < -0.4 is 0 Å². The molecule has 4 heteroatoms. The fourth-order valence-corrected chi connectivity index (χ4v) is 0.692. The van der Waals surface area contributed by atoms with E-state index in [0.29, 0.717) is 0 Å². The van der Waals surface area contributed by atoms with Gasteiger partial charge >= 0.3 is 0 Å². The van der Waals surface area contributed by atoms with Gasteiger partial charge in [-0.1, -0.05) is 12.2 Å². The fourth-order valence-electron chi connectivity index (χ4n) is 0.692. The van der Waals surface area contributed by atoms with E-state index in [1.807, 2.05) is 0 Å². The van der Waals surface area contributed by atoms with Gasteiger partial charge in [-0.15, -0.1) is 13.2 Å². The van der Waals surface area contributed by atoms with Gasteiger partial charge in [0.15, 0.2) is 0 Å². The lowest BCUT2D eigenvalue weighted by atomic mass is 10.0. The molecule has 70 valence electrons. The number of hydrogen-bond donors (Lipinski definition) is 2. The average molecular weight is 178 g/mol. The van der Waals surface area contributed by atoms with E-state index < -0.39 is 24.6 Å². The van der Waals surface area contributed by atoms with Crippen LogP contribution in [0.4, 0.5) is 8.78 Å². The summed E-state index contributed by atoms with van der Waals surface area (Å²) in [5, 5.41) is 17.7. The molecule has 0 fully saturated rings. The molecular weight excluding hydrogens is 166 g/mol. The second kappa shape index (κ2) is 4.33. The Balaban J connectivity index is 4.31. The molecule has 0 aromatic heterocycles. The van der Waals surface area contributed by atoms with Gasteiger partial charge in [0.2, 0.25) is 0 Å². The minimum Gasteiger partial charge on any atom is -0.386 e. The Hall–Kier alpha value is -0.740. The van der Waals surface area contributed by atoms with E-state index in [1.165, 1.54) is 0 Å². The van der Waals surface area contributed by atoms with Crippen LogP contribution in [0.1, 0.15) is 6.42 Å². The summed E-state index contributed by atoms with van der Waals surface area (Å²) < 4.78 is 25.5. The Morgan fingerprint density at radius 3 is 2.17 bits per heavy atom. The number of aliphatic hydroxyl groups excluding tert-OH is 2. The Labute approximate surface area is 69.8 Å². The Kier molecular flexibility index (Phi) is 4.06. The summed E-state index contributed by atoms with van der Waals surface area (Å²) in [4.78, 5) is 0. The number of hydrogen-bond acceptors (Lipinski definition) is 2. The summed E-state index contributed by atoms with van der Waals surface area (Å²) in [6.07, 6.45) is -2.55. The molecule has 0 bridgehead atoms. The van der Waals surface area contributed by atoms with Crippen molar-refractivity contribution in [3.05, 3.63) is 25.3 Å². The quantitative estimate of drug-likeness (QED) is 0.619. The summed E-state index contributed by atoms with van der Waals surface area (Å²) in [5.74, 6) is -3.35. The first kappa shape index (κ1) is 11.3.